The Morgan fingerprint density at radius 2 is 1.73 bits per heavy atom. The molecule has 0 fully saturated rings. The van der Waals surface area contributed by atoms with Crippen LogP contribution in [0, 0.1) is 0 Å². The summed E-state index contributed by atoms with van der Waals surface area (Å²) in [6.07, 6.45) is 0.788. The molecule has 0 aromatic heterocycles. The predicted octanol–water partition coefficient (Wildman–Crippen LogP) is 2.45. The van der Waals surface area contributed by atoms with Crippen LogP contribution in [0.2, 0.25) is 0 Å². The van der Waals surface area contributed by atoms with Crippen molar-refractivity contribution >= 4 is 7.82 Å². The van der Waals surface area contributed by atoms with Gasteiger partial charge in [-0.05, 0) is 6.42 Å². The number of phosphoric acid groups is 1. The van der Waals surface area contributed by atoms with E-state index >= 15 is 0 Å². The smallest absolute Gasteiger partial charge is 0.290 e. The highest BCUT2D eigenvalue weighted by Gasteiger charge is 2.21. The highest BCUT2D eigenvalue weighted by molar-refractivity contribution is 7.48. The highest BCUT2D eigenvalue weighted by Crippen LogP contribution is 2.47. The first-order valence-corrected chi connectivity index (χ1v) is 4.50. The Morgan fingerprint density at radius 3 is 2.00 bits per heavy atom. The molecule has 0 atom stereocenters. The molecule has 0 aromatic carbocycles. The Kier molecular flexibility index (Phi) is 8.46. The van der Waals surface area contributed by atoms with Gasteiger partial charge in [0, 0.05) is 14.2 Å². The SMILES string of the molecule is C.CCCOP(=O)(OC)OC. The van der Waals surface area contributed by atoms with E-state index in [1.807, 2.05) is 6.92 Å². The maximum atomic E-state index is 11.0. The van der Waals surface area contributed by atoms with Crippen molar-refractivity contribution in [3.63, 3.8) is 0 Å². The summed E-state index contributed by atoms with van der Waals surface area (Å²) in [5.74, 6) is 0. The number of phosphoric ester groups is 1. The van der Waals surface area contributed by atoms with E-state index in [4.69, 9.17) is 4.52 Å². The first-order chi connectivity index (χ1) is 4.68. The van der Waals surface area contributed by atoms with Gasteiger partial charge in [-0.25, -0.2) is 4.57 Å². The minimum absolute atomic E-state index is 0. The average molecular weight is 184 g/mol. The summed E-state index contributed by atoms with van der Waals surface area (Å²) in [6.45, 7) is 2.30. The van der Waals surface area contributed by atoms with Gasteiger partial charge >= 0.3 is 7.82 Å². The van der Waals surface area contributed by atoms with Gasteiger partial charge in [-0.3, -0.25) is 13.6 Å². The lowest BCUT2D eigenvalue weighted by molar-refractivity contribution is 0.152. The van der Waals surface area contributed by atoms with Gasteiger partial charge in [-0.1, -0.05) is 14.4 Å². The van der Waals surface area contributed by atoms with Crippen LogP contribution in [0.25, 0.3) is 0 Å². The molecule has 70 valence electrons. The van der Waals surface area contributed by atoms with Crippen LogP contribution in [0.3, 0.4) is 0 Å². The maximum absolute atomic E-state index is 11.0. The van der Waals surface area contributed by atoms with E-state index < -0.39 is 7.82 Å². The fourth-order valence-electron chi connectivity index (χ4n) is 0.383. The van der Waals surface area contributed by atoms with Crippen LogP contribution in [-0.4, -0.2) is 20.8 Å². The molecule has 0 aliphatic carbocycles. The molecule has 0 spiro atoms. The molecular weight excluding hydrogens is 167 g/mol. The standard InChI is InChI=1S/C5H13O4P.CH4/c1-4-5-9-10(6,7-2)8-3;/h4-5H2,1-3H3;1H4. The second-order valence-corrected chi connectivity index (χ2v) is 3.53. The summed E-state index contributed by atoms with van der Waals surface area (Å²) in [4.78, 5) is 0. The Hall–Kier alpha value is 0.110. The van der Waals surface area contributed by atoms with Crippen molar-refractivity contribution in [2.75, 3.05) is 20.8 Å². The third-order valence-electron chi connectivity index (χ3n) is 0.901. The molecule has 0 bridgehead atoms. The molecule has 0 saturated carbocycles. The van der Waals surface area contributed by atoms with Crippen molar-refractivity contribution in [3.05, 3.63) is 0 Å². The zero-order valence-corrected chi connectivity index (χ0v) is 7.39. The normalized spacial score (nSPS) is 10.8. The molecule has 0 unspecified atom stereocenters. The van der Waals surface area contributed by atoms with Gasteiger partial charge in [0.25, 0.3) is 0 Å². The molecule has 11 heavy (non-hydrogen) atoms. The molecule has 0 aliphatic rings. The van der Waals surface area contributed by atoms with E-state index in [0.717, 1.165) is 6.42 Å². The van der Waals surface area contributed by atoms with Crippen molar-refractivity contribution in [1.29, 1.82) is 0 Å². The third-order valence-corrected chi connectivity index (χ3v) is 2.29. The molecule has 0 radical (unpaired) electrons. The zero-order valence-electron chi connectivity index (χ0n) is 6.49. The highest BCUT2D eigenvalue weighted by atomic mass is 31.2. The van der Waals surface area contributed by atoms with Gasteiger partial charge in [-0.15, -0.1) is 0 Å². The summed E-state index contributed by atoms with van der Waals surface area (Å²) < 4.78 is 24.8. The van der Waals surface area contributed by atoms with Crippen molar-refractivity contribution in [1.82, 2.24) is 0 Å². The van der Waals surface area contributed by atoms with Gasteiger partial charge in [0.05, 0.1) is 6.61 Å². The molecule has 0 saturated heterocycles. The minimum Gasteiger partial charge on any atom is -0.290 e. The van der Waals surface area contributed by atoms with Crippen molar-refractivity contribution < 1.29 is 18.1 Å². The lowest BCUT2D eigenvalue weighted by Gasteiger charge is -2.11. The molecule has 4 nitrogen and oxygen atoms in total. The first-order valence-electron chi connectivity index (χ1n) is 3.04. The fraction of sp³-hybridized carbons (Fsp3) is 1.00. The predicted molar refractivity (Wildman–Crippen MR) is 44.6 cm³/mol. The van der Waals surface area contributed by atoms with E-state index in [1.165, 1.54) is 14.2 Å². The Bertz CT molecular complexity index is 118. The average Bonchev–Trinajstić information content (AvgIpc) is 2.00. The Labute approximate surface area is 68.5 Å². The maximum Gasteiger partial charge on any atom is 0.474 e. The van der Waals surface area contributed by atoms with Gasteiger partial charge in [0.2, 0.25) is 0 Å². The van der Waals surface area contributed by atoms with Gasteiger partial charge in [-0.2, -0.15) is 0 Å². The molecule has 0 amide bonds. The second-order valence-electron chi connectivity index (χ2n) is 1.65. The van der Waals surface area contributed by atoms with Crippen LogP contribution in [-0.2, 0) is 18.1 Å². The van der Waals surface area contributed by atoms with E-state index in [9.17, 15) is 4.57 Å². The quantitative estimate of drug-likeness (QED) is 0.615. The lowest BCUT2D eigenvalue weighted by Crippen LogP contribution is -1.95. The van der Waals surface area contributed by atoms with E-state index in [-0.39, 0.29) is 7.43 Å². The summed E-state index contributed by atoms with van der Waals surface area (Å²) >= 11 is 0. The number of hydrogen-bond acceptors (Lipinski definition) is 4. The summed E-state index contributed by atoms with van der Waals surface area (Å²) in [7, 11) is -0.614. The zero-order chi connectivity index (χ0) is 8.04. The molecular formula is C6H17O4P. The largest absolute Gasteiger partial charge is 0.474 e. The van der Waals surface area contributed by atoms with E-state index in [0.29, 0.717) is 6.61 Å². The summed E-state index contributed by atoms with van der Waals surface area (Å²) in [5, 5.41) is 0. The van der Waals surface area contributed by atoms with Crippen LogP contribution in [0.5, 0.6) is 0 Å². The van der Waals surface area contributed by atoms with Gasteiger partial charge < -0.3 is 0 Å². The van der Waals surface area contributed by atoms with Crippen LogP contribution < -0.4 is 0 Å². The second kappa shape index (κ2) is 6.80. The van der Waals surface area contributed by atoms with Gasteiger partial charge in [0.15, 0.2) is 0 Å². The molecule has 0 heterocycles. The molecule has 0 aliphatic heterocycles. The molecule has 0 rings (SSSR count). The van der Waals surface area contributed by atoms with Crippen LogP contribution in [0.15, 0.2) is 0 Å². The fourth-order valence-corrected chi connectivity index (χ4v) is 1.15. The topological polar surface area (TPSA) is 44.8 Å². The summed E-state index contributed by atoms with van der Waals surface area (Å²) in [6, 6.07) is 0. The van der Waals surface area contributed by atoms with E-state index in [2.05, 4.69) is 9.05 Å². The van der Waals surface area contributed by atoms with Crippen molar-refractivity contribution in [2.24, 2.45) is 0 Å². The number of hydrogen-bond donors (Lipinski definition) is 0. The van der Waals surface area contributed by atoms with Crippen LogP contribution in [0.1, 0.15) is 20.8 Å². The first kappa shape index (κ1) is 13.7. The third kappa shape index (κ3) is 5.39. The lowest BCUT2D eigenvalue weighted by atomic mass is 10.5. The molecule has 0 aromatic rings. The summed E-state index contributed by atoms with van der Waals surface area (Å²) in [5.41, 5.74) is 0. The van der Waals surface area contributed by atoms with Crippen molar-refractivity contribution in [3.8, 4) is 0 Å². The molecule has 5 heteroatoms. The Balaban J connectivity index is 0. The van der Waals surface area contributed by atoms with Crippen LogP contribution in [0.4, 0.5) is 0 Å². The Morgan fingerprint density at radius 1 is 1.27 bits per heavy atom. The van der Waals surface area contributed by atoms with Gasteiger partial charge in [0.1, 0.15) is 0 Å². The molecule has 0 N–H and O–H groups in total. The monoisotopic (exact) mass is 184 g/mol. The number of rotatable bonds is 5. The van der Waals surface area contributed by atoms with E-state index in [1.54, 1.807) is 0 Å². The van der Waals surface area contributed by atoms with Crippen molar-refractivity contribution in [2.45, 2.75) is 20.8 Å². The van der Waals surface area contributed by atoms with Crippen LogP contribution >= 0.6 is 7.82 Å². The minimum atomic E-state index is -3.20.